The second-order valence-electron chi connectivity index (χ2n) is 5.88. The Morgan fingerprint density at radius 2 is 1.59 bits per heavy atom. The minimum absolute atomic E-state index is 0.120. The van der Waals surface area contributed by atoms with Crippen molar-refractivity contribution in [3.63, 3.8) is 0 Å². The summed E-state index contributed by atoms with van der Waals surface area (Å²) in [7, 11) is 0. The Bertz CT molecular complexity index is 588. The topological polar surface area (TPSA) is 39.6 Å². The molecule has 22 heavy (non-hydrogen) atoms. The molecule has 0 saturated carbocycles. The van der Waals surface area contributed by atoms with Crippen LogP contribution in [0.25, 0.3) is 0 Å². The molecule has 118 valence electrons. The SMILES string of the molecule is Cc1nc(CN2CCN(Cc3ccc(CO)cc3)CC2)cs1. The monoisotopic (exact) mass is 317 g/mol. The lowest BCUT2D eigenvalue weighted by Crippen LogP contribution is -2.45. The van der Waals surface area contributed by atoms with E-state index in [9.17, 15) is 0 Å². The van der Waals surface area contributed by atoms with Crippen LogP contribution in [0.1, 0.15) is 21.8 Å². The van der Waals surface area contributed by atoms with Gasteiger partial charge in [-0.3, -0.25) is 9.80 Å². The molecule has 1 fully saturated rings. The summed E-state index contributed by atoms with van der Waals surface area (Å²) in [5, 5.41) is 12.4. The zero-order valence-corrected chi connectivity index (χ0v) is 13.9. The van der Waals surface area contributed by atoms with Gasteiger partial charge in [0, 0.05) is 44.6 Å². The Hall–Kier alpha value is -1.27. The van der Waals surface area contributed by atoms with E-state index in [1.54, 1.807) is 11.3 Å². The molecule has 0 radical (unpaired) electrons. The highest BCUT2D eigenvalue weighted by atomic mass is 32.1. The summed E-state index contributed by atoms with van der Waals surface area (Å²) in [6.07, 6.45) is 0. The molecular formula is C17H23N3OS. The first-order valence-corrected chi connectivity index (χ1v) is 8.65. The molecule has 0 aliphatic carbocycles. The van der Waals surface area contributed by atoms with Crippen molar-refractivity contribution in [2.24, 2.45) is 0 Å². The Morgan fingerprint density at radius 1 is 1.00 bits per heavy atom. The van der Waals surface area contributed by atoms with E-state index in [4.69, 9.17) is 5.11 Å². The molecule has 4 nitrogen and oxygen atoms in total. The highest BCUT2D eigenvalue weighted by Crippen LogP contribution is 2.14. The first kappa shape index (κ1) is 15.6. The van der Waals surface area contributed by atoms with Crippen molar-refractivity contribution in [1.82, 2.24) is 14.8 Å². The Labute approximate surface area is 136 Å². The van der Waals surface area contributed by atoms with E-state index in [-0.39, 0.29) is 6.61 Å². The van der Waals surface area contributed by atoms with Crippen LogP contribution in [-0.2, 0) is 19.7 Å². The molecule has 2 aromatic rings. The van der Waals surface area contributed by atoms with Gasteiger partial charge in [-0.15, -0.1) is 11.3 Å². The average Bonchev–Trinajstić information content (AvgIpc) is 2.95. The minimum atomic E-state index is 0.120. The molecule has 0 amide bonds. The van der Waals surface area contributed by atoms with Crippen molar-refractivity contribution in [3.05, 3.63) is 51.5 Å². The molecule has 1 aliphatic heterocycles. The number of rotatable bonds is 5. The van der Waals surface area contributed by atoms with Gasteiger partial charge in [0.15, 0.2) is 0 Å². The maximum absolute atomic E-state index is 9.08. The van der Waals surface area contributed by atoms with E-state index < -0.39 is 0 Å². The zero-order valence-electron chi connectivity index (χ0n) is 13.0. The molecule has 3 rings (SSSR count). The third kappa shape index (κ3) is 4.14. The number of hydrogen-bond acceptors (Lipinski definition) is 5. The van der Waals surface area contributed by atoms with Crippen molar-refractivity contribution in [2.75, 3.05) is 26.2 Å². The number of aliphatic hydroxyl groups is 1. The largest absolute Gasteiger partial charge is 0.392 e. The molecule has 0 bridgehead atoms. The number of hydrogen-bond donors (Lipinski definition) is 1. The van der Waals surface area contributed by atoms with Crippen molar-refractivity contribution < 1.29 is 5.11 Å². The van der Waals surface area contributed by atoms with Gasteiger partial charge in [0.05, 0.1) is 17.3 Å². The summed E-state index contributed by atoms with van der Waals surface area (Å²) in [6.45, 7) is 8.56. The summed E-state index contributed by atoms with van der Waals surface area (Å²) < 4.78 is 0. The third-order valence-corrected chi connectivity index (χ3v) is 4.95. The van der Waals surface area contributed by atoms with Gasteiger partial charge in [0.2, 0.25) is 0 Å². The Balaban J connectivity index is 1.46. The molecule has 1 aromatic heterocycles. The second kappa shape index (κ2) is 7.33. The molecule has 1 aromatic carbocycles. The van der Waals surface area contributed by atoms with E-state index >= 15 is 0 Å². The van der Waals surface area contributed by atoms with Crippen LogP contribution in [0.15, 0.2) is 29.6 Å². The molecule has 2 heterocycles. The van der Waals surface area contributed by atoms with Crippen LogP contribution >= 0.6 is 11.3 Å². The highest BCUT2D eigenvalue weighted by molar-refractivity contribution is 7.09. The maximum atomic E-state index is 9.08. The van der Waals surface area contributed by atoms with Crippen molar-refractivity contribution in [1.29, 1.82) is 0 Å². The van der Waals surface area contributed by atoms with Gasteiger partial charge in [-0.05, 0) is 18.1 Å². The van der Waals surface area contributed by atoms with E-state index in [1.165, 1.54) is 11.3 Å². The maximum Gasteiger partial charge on any atom is 0.0897 e. The number of aliphatic hydroxyl groups excluding tert-OH is 1. The molecular weight excluding hydrogens is 294 g/mol. The molecule has 0 spiro atoms. The summed E-state index contributed by atoms with van der Waals surface area (Å²) in [6, 6.07) is 8.26. The van der Waals surface area contributed by atoms with Crippen LogP contribution in [0, 0.1) is 6.92 Å². The van der Waals surface area contributed by atoms with Gasteiger partial charge in [0.1, 0.15) is 0 Å². The van der Waals surface area contributed by atoms with Gasteiger partial charge >= 0.3 is 0 Å². The van der Waals surface area contributed by atoms with Crippen molar-refractivity contribution >= 4 is 11.3 Å². The van der Waals surface area contributed by atoms with E-state index in [1.807, 2.05) is 12.1 Å². The van der Waals surface area contributed by atoms with Gasteiger partial charge in [-0.25, -0.2) is 4.98 Å². The lowest BCUT2D eigenvalue weighted by atomic mass is 10.1. The number of nitrogens with zero attached hydrogens (tertiary/aromatic N) is 3. The molecule has 1 aliphatic rings. The standard InChI is InChI=1S/C17H23N3OS/c1-14-18-17(13-22-14)11-20-8-6-19(7-9-20)10-15-2-4-16(12-21)5-3-15/h2-5,13,21H,6-12H2,1H3. The molecule has 1 saturated heterocycles. The summed E-state index contributed by atoms with van der Waals surface area (Å²) >= 11 is 1.73. The fourth-order valence-electron chi connectivity index (χ4n) is 2.82. The third-order valence-electron chi connectivity index (χ3n) is 4.13. The lowest BCUT2D eigenvalue weighted by Gasteiger charge is -2.34. The Kier molecular flexibility index (Phi) is 5.20. The molecule has 0 atom stereocenters. The first-order chi connectivity index (χ1) is 10.7. The van der Waals surface area contributed by atoms with Crippen molar-refractivity contribution in [3.8, 4) is 0 Å². The fourth-order valence-corrected chi connectivity index (χ4v) is 3.43. The van der Waals surface area contributed by atoms with Crippen LogP contribution < -0.4 is 0 Å². The van der Waals surface area contributed by atoms with Crippen LogP contribution in [0.2, 0.25) is 0 Å². The van der Waals surface area contributed by atoms with Crippen LogP contribution in [-0.4, -0.2) is 46.1 Å². The smallest absolute Gasteiger partial charge is 0.0897 e. The summed E-state index contributed by atoms with van der Waals surface area (Å²) in [5.74, 6) is 0. The first-order valence-electron chi connectivity index (χ1n) is 7.77. The second-order valence-corrected chi connectivity index (χ2v) is 6.95. The Morgan fingerprint density at radius 3 is 2.14 bits per heavy atom. The fraction of sp³-hybridized carbons (Fsp3) is 0.471. The summed E-state index contributed by atoms with van der Waals surface area (Å²) in [5.41, 5.74) is 3.50. The molecule has 1 N–H and O–H groups in total. The predicted molar refractivity (Wildman–Crippen MR) is 89.8 cm³/mol. The normalized spacial score (nSPS) is 17.0. The zero-order chi connectivity index (χ0) is 15.4. The number of benzene rings is 1. The van der Waals surface area contributed by atoms with Crippen LogP contribution in [0.3, 0.4) is 0 Å². The number of aromatic nitrogens is 1. The van der Waals surface area contributed by atoms with Gasteiger partial charge in [0.25, 0.3) is 0 Å². The number of thiazole rings is 1. The number of aryl methyl sites for hydroxylation is 1. The van der Waals surface area contributed by atoms with E-state index in [0.717, 1.165) is 49.8 Å². The predicted octanol–water partition coefficient (Wildman–Crippen LogP) is 2.26. The van der Waals surface area contributed by atoms with Crippen molar-refractivity contribution in [2.45, 2.75) is 26.6 Å². The van der Waals surface area contributed by atoms with Gasteiger partial charge < -0.3 is 5.11 Å². The molecule has 5 heteroatoms. The lowest BCUT2D eigenvalue weighted by molar-refractivity contribution is 0.121. The van der Waals surface area contributed by atoms with Gasteiger partial charge in [-0.2, -0.15) is 0 Å². The van der Waals surface area contributed by atoms with E-state index in [2.05, 4.69) is 39.2 Å². The number of piperazine rings is 1. The average molecular weight is 317 g/mol. The van der Waals surface area contributed by atoms with Crippen LogP contribution in [0.5, 0.6) is 0 Å². The quantitative estimate of drug-likeness (QED) is 0.918. The molecule has 0 unspecified atom stereocenters. The summed E-state index contributed by atoms with van der Waals surface area (Å²) in [4.78, 5) is 9.53. The van der Waals surface area contributed by atoms with Crippen LogP contribution in [0.4, 0.5) is 0 Å². The minimum Gasteiger partial charge on any atom is -0.392 e. The van der Waals surface area contributed by atoms with Gasteiger partial charge in [-0.1, -0.05) is 24.3 Å². The highest BCUT2D eigenvalue weighted by Gasteiger charge is 2.17. The van der Waals surface area contributed by atoms with E-state index in [0.29, 0.717) is 0 Å².